The molecule has 0 radical (unpaired) electrons. The first-order chi connectivity index (χ1) is 8.70. The summed E-state index contributed by atoms with van der Waals surface area (Å²) >= 11 is 1.60. The molecule has 0 aliphatic carbocycles. The highest BCUT2D eigenvalue weighted by Crippen LogP contribution is 2.26. The number of rotatable bonds is 5. The Morgan fingerprint density at radius 1 is 1.33 bits per heavy atom. The van der Waals surface area contributed by atoms with Crippen molar-refractivity contribution in [3.8, 4) is 17.0 Å². The van der Waals surface area contributed by atoms with Crippen molar-refractivity contribution >= 4 is 11.3 Å². The fourth-order valence-corrected chi connectivity index (χ4v) is 2.36. The van der Waals surface area contributed by atoms with Crippen molar-refractivity contribution in [1.29, 1.82) is 0 Å². The van der Waals surface area contributed by atoms with E-state index in [0.29, 0.717) is 0 Å². The van der Waals surface area contributed by atoms with Crippen molar-refractivity contribution in [2.75, 3.05) is 6.61 Å². The van der Waals surface area contributed by atoms with E-state index < -0.39 is 0 Å². The highest BCUT2D eigenvalue weighted by Gasteiger charge is 2.07. The van der Waals surface area contributed by atoms with E-state index >= 15 is 0 Å². The molecule has 3 nitrogen and oxygen atoms in total. The molecule has 96 valence electrons. The van der Waals surface area contributed by atoms with E-state index in [1.807, 2.05) is 36.6 Å². The second kappa shape index (κ2) is 5.98. The molecule has 18 heavy (non-hydrogen) atoms. The van der Waals surface area contributed by atoms with Gasteiger partial charge in [-0.05, 0) is 37.6 Å². The van der Waals surface area contributed by atoms with Gasteiger partial charge in [0.2, 0.25) is 0 Å². The van der Waals surface area contributed by atoms with Crippen LogP contribution in [-0.2, 0) is 0 Å². The summed E-state index contributed by atoms with van der Waals surface area (Å²) in [7, 11) is 0. The molecule has 0 fully saturated rings. The van der Waals surface area contributed by atoms with Crippen molar-refractivity contribution in [3.63, 3.8) is 0 Å². The van der Waals surface area contributed by atoms with Crippen LogP contribution in [0.5, 0.6) is 5.75 Å². The van der Waals surface area contributed by atoms with Crippen LogP contribution in [0, 0.1) is 0 Å². The van der Waals surface area contributed by atoms with Gasteiger partial charge in [0.05, 0.1) is 18.3 Å². The molecular formula is C14H18N2OS. The van der Waals surface area contributed by atoms with E-state index in [4.69, 9.17) is 10.5 Å². The summed E-state index contributed by atoms with van der Waals surface area (Å²) in [6.07, 6.45) is 1.02. The second-order valence-electron chi connectivity index (χ2n) is 4.23. The number of hydrogen-bond acceptors (Lipinski definition) is 4. The molecule has 0 saturated carbocycles. The lowest BCUT2D eigenvalue weighted by Crippen LogP contribution is -2.03. The van der Waals surface area contributed by atoms with Crippen LogP contribution in [0.15, 0.2) is 29.6 Å². The molecule has 0 bridgehead atoms. The average molecular weight is 262 g/mol. The molecule has 0 amide bonds. The number of hydrogen-bond donors (Lipinski definition) is 1. The topological polar surface area (TPSA) is 48.1 Å². The van der Waals surface area contributed by atoms with Gasteiger partial charge >= 0.3 is 0 Å². The minimum absolute atomic E-state index is 0.00379. The summed E-state index contributed by atoms with van der Waals surface area (Å²) in [4.78, 5) is 4.52. The molecule has 2 aromatic rings. The van der Waals surface area contributed by atoms with Gasteiger partial charge in [0, 0.05) is 10.9 Å². The van der Waals surface area contributed by atoms with Gasteiger partial charge in [-0.3, -0.25) is 0 Å². The maximum Gasteiger partial charge on any atom is 0.119 e. The van der Waals surface area contributed by atoms with E-state index in [9.17, 15) is 0 Å². The zero-order valence-electron chi connectivity index (χ0n) is 10.7. The van der Waals surface area contributed by atoms with E-state index in [0.717, 1.165) is 35.0 Å². The van der Waals surface area contributed by atoms with Crippen LogP contribution in [0.1, 0.15) is 31.3 Å². The third kappa shape index (κ3) is 3.09. The van der Waals surface area contributed by atoms with Crippen LogP contribution in [-0.4, -0.2) is 11.6 Å². The van der Waals surface area contributed by atoms with Gasteiger partial charge in [0.25, 0.3) is 0 Å². The van der Waals surface area contributed by atoms with Gasteiger partial charge in [-0.25, -0.2) is 4.98 Å². The Bertz CT molecular complexity index is 491. The molecule has 2 rings (SSSR count). The van der Waals surface area contributed by atoms with E-state index in [-0.39, 0.29) is 6.04 Å². The lowest BCUT2D eigenvalue weighted by molar-refractivity contribution is 0.317. The minimum Gasteiger partial charge on any atom is -0.494 e. The molecule has 0 saturated heterocycles. The lowest BCUT2D eigenvalue weighted by atomic mass is 10.2. The second-order valence-corrected chi connectivity index (χ2v) is 5.12. The number of nitrogens with zero attached hydrogens (tertiary/aromatic N) is 1. The summed E-state index contributed by atoms with van der Waals surface area (Å²) in [6, 6.07) is 8.03. The van der Waals surface area contributed by atoms with Crippen molar-refractivity contribution in [2.45, 2.75) is 26.3 Å². The van der Waals surface area contributed by atoms with Crippen LogP contribution in [0.3, 0.4) is 0 Å². The zero-order valence-corrected chi connectivity index (χ0v) is 11.5. The molecule has 1 aromatic carbocycles. The first-order valence-electron chi connectivity index (χ1n) is 6.15. The highest BCUT2D eigenvalue weighted by atomic mass is 32.1. The zero-order chi connectivity index (χ0) is 13.0. The minimum atomic E-state index is -0.00379. The van der Waals surface area contributed by atoms with Gasteiger partial charge in [0.1, 0.15) is 10.8 Å². The first-order valence-corrected chi connectivity index (χ1v) is 7.03. The van der Waals surface area contributed by atoms with E-state index in [1.54, 1.807) is 11.3 Å². The highest BCUT2D eigenvalue weighted by molar-refractivity contribution is 7.10. The fourth-order valence-electron chi connectivity index (χ4n) is 1.57. The van der Waals surface area contributed by atoms with Crippen molar-refractivity contribution < 1.29 is 4.74 Å². The van der Waals surface area contributed by atoms with Gasteiger partial charge in [-0.1, -0.05) is 6.92 Å². The molecule has 1 heterocycles. The van der Waals surface area contributed by atoms with Crippen LogP contribution < -0.4 is 10.5 Å². The third-order valence-electron chi connectivity index (χ3n) is 2.53. The summed E-state index contributed by atoms with van der Waals surface area (Å²) in [5.41, 5.74) is 7.89. The van der Waals surface area contributed by atoms with Crippen LogP contribution >= 0.6 is 11.3 Å². The Kier molecular flexibility index (Phi) is 4.33. The Balaban J connectivity index is 2.12. The molecule has 0 spiro atoms. The number of thiazole rings is 1. The van der Waals surface area contributed by atoms with Crippen molar-refractivity contribution in [3.05, 3.63) is 34.7 Å². The maximum atomic E-state index is 5.81. The molecule has 2 N–H and O–H groups in total. The summed E-state index contributed by atoms with van der Waals surface area (Å²) in [6.45, 7) is 4.80. The number of aromatic nitrogens is 1. The fraction of sp³-hybridized carbons (Fsp3) is 0.357. The van der Waals surface area contributed by atoms with Crippen molar-refractivity contribution in [1.82, 2.24) is 4.98 Å². The van der Waals surface area contributed by atoms with Gasteiger partial charge < -0.3 is 10.5 Å². The van der Waals surface area contributed by atoms with Crippen LogP contribution in [0.2, 0.25) is 0 Å². The Labute approximate surface area is 112 Å². The normalized spacial score (nSPS) is 12.4. The molecule has 1 unspecified atom stereocenters. The van der Waals surface area contributed by atoms with Gasteiger partial charge in [0.15, 0.2) is 0 Å². The van der Waals surface area contributed by atoms with Crippen LogP contribution in [0.4, 0.5) is 0 Å². The SMILES string of the molecule is CCCOc1ccc(-c2csc(C(C)N)n2)cc1. The van der Waals surface area contributed by atoms with Gasteiger partial charge in [-0.15, -0.1) is 11.3 Å². The smallest absolute Gasteiger partial charge is 0.119 e. The summed E-state index contributed by atoms with van der Waals surface area (Å²) in [5.74, 6) is 0.906. The average Bonchev–Trinajstić information content (AvgIpc) is 2.87. The third-order valence-corrected chi connectivity index (χ3v) is 3.58. The molecule has 4 heteroatoms. The van der Waals surface area contributed by atoms with Crippen LogP contribution in [0.25, 0.3) is 11.3 Å². The molecule has 0 aliphatic heterocycles. The van der Waals surface area contributed by atoms with E-state index in [1.165, 1.54) is 0 Å². The Morgan fingerprint density at radius 2 is 2.06 bits per heavy atom. The standard InChI is InChI=1S/C14H18N2OS/c1-3-8-17-12-6-4-11(5-7-12)13-9-18-14(16-13)10(2)15/h4-7,9-10H,3,8,15H2,1-2H3. The number of benzene rings is 1. The summed E-state index contributed by atoms with van der Waals surface area (Å²) in [5, 5.41) is 3.01. The molecular weight excluding hydrogens is 244 g/mol. The Morgan fingerprint density at radius 3 is 2.61 bits per heavy atom. The monoisotopic (exact) mass is 262 g/mol. The molecule has 0 aliphatic rings. The summed E-state index contributed by atoms with van der Waals surface area (Å²) < 4.78 is 5.55. The Hall–Kier alpha value is -1.39. The number of nitrogens with two attached hydrogens (primary N) is 1. The van der Waals surface area contributed by atoms with Crippen molar-refractivity contribution in [2.24, 2.45) is 5.73 Å². The predicted molar refractivity (Wildman–Crippen MR) is 75.9 cm³/mol. The largest absolute Gasteiger partial charge is 0.494 e. The van der Waals surface area contributed by atoms with Gasteiger partial charge in [-0.2, -0.15) is 0 Å². The molecule has 1 atom stereocenters. The quantitative estimate of drug-likeness (QED) is 0.895. The predicted octanol–water partition coefficient (Wildman–Crippen LogP) is 3.62. The maximum absolute atomic E-state index is 5.81. The molecule has 1 aromatic heterocycles. The van der Waals surface area contributed by atoms with E-state index in [2.05, 4.69) is 11.9 Å². The first kappa shape index (κ1) is 13.1. The lowest BCUT2D eigenvalue weighted by Gasteiger charge is -2.04. The number of ether oxygens (including phenoxy) is 1.